The first-order valence-corrected chi connectivity index (χ1v) is 8.05. The van der Waals surface area contributed by atoms with Crippen LogP contribution in [0.1, 0.15) is 17.4 Å². The van der Waals surface area contributed by atoms with E-state index in [0.717, 1.165) is 11.3 Å². The number of esters is 1. The lowest BCUT2D eigenvalue weighted by atomic mass is 10.1. The third kappa shape index (κ3) is 3.75. The fraction of sp³-hybridized carbons (Fsp3) is 0.105. The molecule has 2 heterocycles. The highest BCUT2D eigenvalue weighted by molar-refractivity contribution is 5.88. The first kappa shape index (κ1) is 17.6. The molecule has 0 saturated carbocycles. The van der Waals surface area contributed by atoms with Crippen LogP contribution < -0.4 is 5.32 Å². The zero-order valence-electron chi connectivity index (χ0n) is 14.4. The monoisotopic (exact) mass is 358 g/mol. The van der Waals surface area contributed by atoms with Crippen LogP contribution in [0, 0.1) is 22.7 Å². The lowest BCUT2D eigenvalue weighted by Gasteiger charge is -2.07. The number of hydrogen-bond acceptors (Lipinski definition) is 7. The fourth-order valence-corrected chi connectivity index (χ4v) is 2.43. The average molecular weight is 358 g/mol. The molecule has 1 aromatic carbocycles. The first-order valence-electron chi connectivity index (χ1n) is 8.05. The number of rotatable bonds is 5. The van der Waals surface area contributed by atoms with Crippen molar-refractivity contribution in [1.82, 2.24) is 14.6 Å². The molecule has 0 bridgehead atoms. The fourth-order valence-electron chi connectivity index (χ4n) is 2.43. The maximum Gasteiger partial charge on any atom is 0.358 e. The molecule has 3 rings (SSSR count). The smallest absolute Gasteiger partial charge is 0.358 e. The van der Waals surface area contributed by atoms with E-state index in [1.165, 1.54) is 6.20 Å². The Morgan fingerprint density at radius 1 is 1.30 bits per heavy atom. The van der Waals surface area contributed by atoms with Crippen LogP contribution in [0.2, 0.25) is 0 Å². The minimum Gasteiger partial charge on any atom is -0.461 e. The van der Waals surface area contributed by atoms with E-state index in [-0.39, 0.29) is 17.9 Å². The third-order valence-corrected chi connectivity index (χ3v) is 3.62. The molecule has 0 saturated heterocycles. The van der Waals surface area contributed by atoms with E-state index in [4.69, 9.17) is 15.3 Å². The van der Waals surface area contributed by atoms with Gasteiger partial charge in [-0.2, -0.15) is 15.6 Å². The Balaban J connectivity index is 1.99. The molecule has 0 unspecified atom stereocenters. The second kappa shape index (κ2) is 7.81. The van der Waals surface area contributed by atoms with Gasteiger partial charge in [-0.05, 0) is 25.1 Å². The number of anilines is 1. The van der Waals surface area contributed by atoms with Crippen molar-refractivity contribution >= 4 is 17.3 Å². The van der Waals surface area contributed by atoms with Gasteiger partial charge in [0.25, 0.3) is 0 Å². The van der Waals surface area contributed by atoms with E-state index < -0.39 is 5.97 Å². The average Bonchev–Trinajstić information content (AvgIpc) is 3.14. The summed E-state index contributed by atoms with van der Waals surface area (Å²) in [4.78, 5) is 16.2. The van der Waals surface area contributed by atoms with Gasteiger partial charge in [0.2, 0.25) is 0 Å². The standard InChI is InChI=1S/C19H14N6O2/c1-2-27-19(26)16-9-18-22-7-6-17(25(18)24-16)14-4-3-5-15(8-14)23-12-13(10-20)11-21/h3-9,12,23H,2H2,1H3. The molecule has 27 heavy (non-hydrogen) atoms. The Hall–Kier alpha value is -4.17. The molecule has 8 nitrogen and oxygen atoms in total. The lowest BCUT2D eigenvalue weighted by Crippen LogP contribution is -2.05. The number of allylic oxidation sites excluding steroid dienone is 1. The van der Waals surface area contributed by atoms with Crippen LogP contribution in [0.4, 0.5) is 5.69 Å². The molecule has 8 heteroatoms. The highest BCUT2D eigenvalue weighted by Gasteiger charge is 2.14. The maximum atomic E-state index is 11.9. The molecule has 0 aliphatic heterocycles. The summed E-state index contributed by atoms with van der Waals surface area (Å²) in [6.45, 7) is 2.00. The molecule has 0 aliphatic rings. The molecule has 132 valence electrons. The molecular weight excluding hydrogens is 344 g/mol. The zero-order valence-corrected chi connectivity index (χ0v) is 14.4. The maximum absolute atomic E-state index is 11.9. The Morgan fingerprint density at radius 2 is 2.11 bits per heavy atom. The van der Waals surface area contributed by atoms with Gasteiger partial charge in [0.1, 0.15) is 17.7 Å². The van der Waals surface area contributed by atoms with Gasteiger partial charge < -0.3 is 10.1 Å². The minimum absolute atomic E-state index is 0.0298. The zero-order chi connectivity index (χ0) is 19.2. The SMILES string of the molecule is CCOC(=O)c1cc2nccc(-c3cccc(NC=C(C#N)C#N)c3)n2n1. The molecule has 0 spiro atoms. The summed E-state index contributed by atoms with van der Waals surface area (Å²) in [6.07, 6.45) is 2.97. The second-order valence-electron chi connectivity index (χ2n) is 5.36. The summed E-state index contributed by atoms with van der Waals surface area (Å²) in [5.41, 5.74) is 2.90. The van der Waals surface area contributed by atoms with Gasteiger partial charge in [0.05, 0.1) is 12.3 Å². The number of fused-ring (bicyclic) bond motifs is 1. The Labute approximate surface area is 154 Å². The highest BCUT2D eigenvalue weighted by atomic mass is 16.5. The van der Waals surface area contributed by atoms with E-state index in [1.807, 2.05) is 18.2 Å². The van der Waals surface area contributed by atoms with Crippen molar-refractivity contribution in [3.63, 3.8) is 0 Å². The number of nitrogens with one attached hydrogen (secondary N) is 1. The van der Waals surface area contributed by atoms with Gasteiger partial charge in [0, 0.05) is 29.7 Å². The predicted octanol–water partition coefficient (Wildman–Crippen LogP) is 2.92. The van der Waals surface area contributed by atoms with Crippen LogP contribution in [0.15, 0.2) is 54.4 Å². The predicted molar refractivity (Wildman–Crippen MR) is 97.3 cm³/mol. The van der Waals surface area contributed by atoms with Gasteiger partial charge in [-0.3, -0.25) is 0 Å². The number of carbonyl (C=O) groups is 1. The van der Waals surface area contributed by atoms with Gasteiger partial charge >= 0.3 is 5.97 Å². The second-order valence-corrected chi connectivity index (χ2v) is 5.36. The van der Waals surface area contributed by atoms with Crippen LogP contribution in [0.5, 0.6) is 0 Å². The van der Waals surface area contributed by atoms with Crippen LogP contribution >= 0.6 is 0 Å². The number of nitriles is 2. The van der Waals surface area contributed by atoms with Crippen molar-refractivity contribution in [2.24, 2.45) is 0 Å². The number of benzene rings is 1. The number of carbonyl (C=O) groups excluding carboxylic acids is 1. The number of aromatic nitrogens is 3. The molecule has 0 radical (unpaired) electrons. The van der Waals surface area contributed by atoms with E-state index in [1.54, 1.807) is 48.0 Å². The molecule has 0 fully saturated rings. The summed E-state index contributed by atoms with van der Waals surface area (Å²) < 4.78 is 6.55. The molecule has 3 aromatic rings. The van der Waals surface area contributed by atoms with Crippen molar-refractivity contribution in [2.75, 3.05) is 11.9 Å². The summed E-state index contributed by atoms with van der Waals surface area (Å²) in [5.74, 6) is -0.505. The van der Waals surface area contributed by atoms with E-state index in [2.05, 4.69) is 15.4 Å². The highest BCUT2D eigenvalue weighted by Crippen LogP contribution is 2.23. The van der Waals surface area contributed by atoms with Crippen LogP contribution in [-0.4, -0.2) is 27.2 Å². The lowest BCUT2D eigenvalue weighted by molar-refractivity contribution is 0.0519. The Kier molecular flexibility index (Phi) is 5.10. The largest absolute Gasteiger partial charge is 0.461 e. The van der Waals surface area contributed by atoms with E-state index >= 15 is 0 Å². The minimum atomic E-state index is -0.505. The quantitative estimate of drug-likeness (QED) is 0.550. The molecule has 0 atom stereocenters. The van der Waals surface area contributed by atoms with Crippen molar-refractivity contribution in [2.45, 2.75) is 6.92 Å². The van der Waals surface area contributed by atoms with Crippen LogP contribution in [-0.2, 0) is 4.74 Å². The summed E-state index contributed by atoms with van der Waals surface area (Å²) >= 11 is 0. The molecular formula is C19H14N6O2. The van der Waals surface area contributed by atoms with Gasteiger partial charge in [-0.1, -0.05) is 12.1 Å². The summed E-state index contributed by atoms with van der Waals surface area (Å²) in [7, 11) is 0. The molecule has 2 aromatic heterocycles. The van der Waals surface area contributed by atoms with Gasteiger partial charge in [0.15, 0.2) is 11.3 Å². The topological polar surface area (TPSA) is 116 Å². The molecule has 1 N–H and O–H groups in total. The summed E-state index contributed by atoms with van der Waals surface area (Å²) in [5, 5.41) is 24.8. The van der Waals surface area contributed by atoms with Crippen molar-refractivity contribution < 1.29 is 9.53 Å². The normalized spacial score (nSPS) is 9.89. The van der Waals surface area contributed by atoms with Crippen LogP contribution in [0.3, 0.4) is 0 Å². The third-order valence-electron chi connectivity index (χ3n) is 3.62. The first-order chi connectivity index (χ1) is 13.2. The van der Waals surface area contributed by atoms with E-state index in [9.17, 15) is 4.79 Å². The number of nitrogens with zero attached hydrogens (tertiary/aromatic N) is 5. The van der Waals surface area contributed by atoms with Crippen molar-refractivity contribution in [3.05, 3.63) is 60.1 Å². The number of hydrogen-bond donors (Lipinski definition) is 1. The van der Waals surface area contributed by atoms with E-state index in [0.29, 0.717) is 11.3 Å². The Morgan fingerprint density at radius 3 is 2.85 bits per heavy atom. The molecule has 0 amide bonds. The van der Waals surface area contributed by atoms with Crippen molar-refractivity contribution in [3.8, 4) is 23.4 Å². The van der Waals surface area contributed by atoms with Gasteiger partial charge in [-0.25, -0.2) is 14.3 Å². The van der Waals surface area contributed by atoms with Crippen LogP contribution in [0.25, 0.3) is 16.9 Å². The number of ether oxygens (including phenoxy) is 1. The Bertz CT molecular complexity index is 1100. The van der Waals surface area contributed by atoms with Crippen molar-refractivity contribution in [1.29, 1.82) is 10.5 Å². The summed E-state index contributed by atoms with van der Waals surface area (Å²) in [6, 6.07) is 14.3. The molecule has 0 aliphatic carbocycles. The van der Waals surface area contributed by atoms with Gasteiger partial charge in [-0.15, -0.1) is 0 Å².